The molecule has 1 aliphatic heterocycles. The number of hydrogen-bond acceptors (Lipinski definition) is 7. The smallest absolute Gasteiger partial charge is 0.332 e. The Morgan fingerprint density at radius 2 is 1.63 bits per heavy atom. The number of fused-ring (bicyclic) bond motifs is 1. The molecule has 0 bridgehead atoms. The SMILES string of the molecule is CCCOCn1c(-c2cnn(CC#CCN3CCN(C)CC3)c2)nc2c1c(=O)n(CCC)c(=O)n2CCC. The summed E-state index contributed by atoms with van der Waals surface area (Å²) in [7, 11) is 2.15. The first-order valence-corrected chi connectivity index (χ1v) is 13.7. The number of likely N-dealkylation sites (N-methyl/N-ethyl adjacent to an activating group) is 1. The number of imidazole rings is 1. The summed E-state index contributed by atoms with van der Waals surface area (Å²) in [6.07, 6.45) is 5.90. The van der Waals surface area contributed by atoms with E-state index in [4.69, 9.17) is 9.72 Å². The molecule has 0 unspecified atom stereocenters. The van der Waals surface area contributed by atoms with Crippen LogP contribution in [0, 0.1) is 11.8 Å². The third-order valence-corrected chi connectivity index (χ3v) is 6.73. The first kappa shape index (κ1) is 27.8. The van der Waals surface area contributed by atoms with E-state index in [-0.39, 0.29) is 18.0 Å². The Morgan fingerprint density at radius 3 is 2.34 bits per heavy atom. The highest BCUT2D eigenvalue weighted by Gasteiger charge is 2.23. The lowest BCUT2D eigenvalue weighted by Crippen LogP contribution is -2.44. The van der Waals surface area contributed by atoms with Gasteiger partial charge in [-0.25, -0.2) is 9.78 Å². The first-order valence-electron chi connectivity index (χ1n) is 13.7. The molecule has 3 aromatic rings. The van der Waals surface area contributed by atoms with Gasteiger partial charge >= 0.3 is 5.69 Å². The number of hydrogen-bond donors (Lipinski definition) is 0. The van der Waals surface area contributed by atoms with Crippen molar-refractivity contribution in [2.45, 2.75) is 66.4 Å². The predicted molar refractivity (Wildman–Crippen MR) is 148 cm³/mol. The van der Waals surface area contributed by atoms with Crippen molar-refractivity contribution in [3.05, 3.63) is 33.2 Å². The molecule has 206 valence electrons. The van der Waals surface area contributed by atoms with Gasteiger partial charge in [-0.05, 0) is 26.3 Å². The van der Waals surface area contributed by atoms with Crippen LogP contribution < -0.4 is 11.2 Å². The van der Waals surface area contributed by atoms with Crippen LogP contribution in [0.4, 0.5) is 0 Å². The minimum atomic E-state index is -0.333. The summed E-state index contributed by atoms with van der Waals surface area (Å²) in [6, 6.07) is 0. The molecule has 11 heteroatoms. The summed E-state index contributed by atoms with van der Waals surface area (Å²) < 4.78 is 12.4. The van der Waals surface area contributed by atoms with E-state index in [1.807, 2.05) is 27.0 Å². The average Bonchev–Trinajstić information content (AvgIpc) is 3.53. The van der Waals surface area contributed by atoms with Crippen molar-refractivity contribution in [1.82, 2.24) is 38.3 Å². The van der Waals surface area contributed by atoms with E-state index in [1.165, 1.54) is 4.57 Å². The fourth-order valence-corrected chi connectivity index (χ4v) is 4.66. The van der Waals surface area contributed by atoms with E-state index < -0.39 is 0 Å². The average molecular weight is 525 g/mol. The van der Waals surface area contributed by atoms with Gasteiger partial charge in [0.1, 0.15) is 19.1 Å². The number of nitrogens with zero attached hydrogens (tertiary/aromatic N) is 8. The Morgan fingerprint density at radius 1 is 0.921 bits per heavy atom. The molecule has 0 amide bonds. The lowest BCUT2D eigenvalue weighted by atomic mass is 10.3. The maximum Gasteiger partial charge on any atom is 0.332 e. The number of ether oxygens (including phenoxy) is 1. The molecule has 1 aliphatic rings. The molecule has 3 aromatic heterocycles. The Labute approximate surface area is 223 Å². The highest BCUT2D eigenvalue weighted by Crippen LogP contribution is 2.23. The number of rotatable bonds is 11. The summed E-state index contributed by atoms with van der Waals surface area (Å²) in [4.78, 5) is 36.2. The van der Waals surface area contributed by atoms with Crippen LogP contribution in [0.2, 0.25) is 0 Å². The van der Waals surface area contributed by atoms with Crippen LogP contribution in [0.1, 0.15) is 40.0 Å². The van der Waals surface area contributed by atoms with Gasteiger partial charge in [-0.1, -0.05) is 32.6 Å². The maximum atomic E-state index is 13.5. The van der Waals surface area contributed by atoms with E-state index in [2.05, 4.69) is 33.8 Å². The van der Waals surface area contributed by atoms with E-state index >= 15 is 0 Å². The van der Waals surface area contributed by atoms with Gasteiger partial charge in [0.05, 0.1) is 18.3 Å². The van der Waals surface area contributed by atoms with Crippen molar-refractivity contribution in [1.29, 1.82) is 0 Å². The zero-order valence-electron chi connectivity index (χ0n) is 23.1. The maximum absolute atomic E-state index is 13.5. The minimum absolute atomic E-state index is 0.168. The molecule has 0 spiro atoms. The monoisotopic (exact) mass is 524 g/mol. The molecule has 0 atom stereocenters. The molecule has 4 heterocycles. The van der Waals surface area contributed by atoms with Crippen LogP contribution in [-0.2, 0) is 31.1 Å². The van der Waals surface area contributed by atoms with Gasteiger partial charge < -0.3 is 9.64 Å². The number of aryl methyl sites for hydroxylation is 1. The second-order valence-electron chi connectivity index (χ2n) is 9.82. The Kier molecular flexibility index (Phi) is 9.55. The number of aromatic nitrogens is 6. The Hall–Kier alpha value is -3.20. The van der Waals surface area contributed by atoms with Crippen molar-refractivity contribution in [2.24, 2.45) is 0 Å². The van der Waals surface area contributed by atoms with Gasteiger partial charge in [0, 0.05) is 52.1 Å². The van der Waals surface area contributed by atoms with Crippen molar-refractivity contribution in [3.8, 4) is 23.2 Å². The van der Waals surface area contributed by atoms with Crippen LogP contribution in [0.3, 0.4) is 0 Å². The fourth-order valence-electron chi connectivity index (χ4n) is 4.66. The van der Waals surface area contributed by atoms with E-state index in [0.29, 0.717) is 49.7 Å². The van der Waals surface area contributed by atoms with E-state index in [9.17, 15) is 9.59 Å². The molecule has 0 aromatic carbocycles. The normalized spacial score (nSPS) is 14.7. The molecule has 38 heavy (non-hydrogen) atoms. The third-order valence-electron chi connectivity index (χ3n) is 6.73. The lowest BCUT2D eigenvalue weighted by molar-refractivity contribution is 0.0809. The molecule has 1 saturated heterocycles. The van der Waals surface area contributed by atoms with Crippen LogP contribution in [-0.4, -0.2) is 84.6 Å². The zero-order valence-corrected chi connectivity index (χ0v) is 23.1. The minimum Gasteiger partial charge on any atom is -0.361 e. The van der Waals surface area contributed by atoms with Crippen LogP contribution >= 0.6 is 0 Å². The third kappa shape index (κ3) is 6.09. The van der Waals surface area contributed by atoms with Crippen LogP contribution in [0.5, 0.6) is 0 Å². The van der Waals surface area contributed by atoms with E-state index in [1.54, 1.807) is 20.0 Å². The molecule has 0 radical (unpaired) electrons. The molecular formula is C27H40N8O3. The number of piperazine rings is 1. The Bertz CT molecular complexity index is 1400. The second-order valence-corrected chi connectivity index (χ2v) is 9.82. The van der Waals surface area contributed by atoms with Crippen LogP contribution in [0.25, 0.3) is 22.6 Å². The highest BCUT2D eigenvalue weighted by atomic mass is 16.5. The van der Waals surface area contributed by atoms with Crippen molar-refractivity contribution >= 4 is 11.2 Å². The van der Waals surface area contributed by atoms with Gasteiger partial charge in [0.25, 0.3) is 5.56 Å². The standard InChI is InChI=1S/C27H40N8O3/c1-5-10-33-25-23(26(36)34(11-6-2)27(33)37)35(21-38-18-7-3)24(29-25)22-19-28-32(20-22)13-9-8-12-31-16-14-30(4)15-17-31/h19-20H,5-7,10-18,21H2,1-4H3. The zero-order chi connectivity index (χ0) is 27.1. The summed E-state index contributed by atoms with van der Waals surface area (Å²) in [5.41, 5.74) is 0.879. The second kappa shape index (κ2) is 13.0. The molecule has 0 saturated carbocycles. The topological polar surface area (TPSA) is 95.3 Å². The van der Waals surface area contributed by atoms with Crippen LogP contribution in [0.15, 0.2) is 22.0 Å². The van der Waals surface area contributed by atoms with Crippen molar-refractivity contribution in [3.63, 3.8) is 0 Å². The molecule has 0 N–H and O–H groups in total. The van der Waals surface area contributed by atoms with Gasteiger partial charge in [0.2, 0.25) is 0 Å². The lowest BCUT2D eigenvalue weighted by Gasteiger charge is -2.30. The summed E-state index contributed by atoms with van der Waals surface area (Å²) in [5, 5.41) is 4.49. The summed E-state index contributed by atoms with van der Waals surface area (Å²) in [5.74, 6) is 7.04. The molecule has 0 aliphatic carbocycles. The quantitative estimate of drug-likeness (QED) is 0.278. The highest BCUT2D eigenvalue weighted by molar-refractivity contribution is 5.76. The molecular weight excluding hydrogens is 484 g/mol. The molecule has 4 rings (SSSR count). The van der Waals surface area contributed by atoms with E-state index in [0.717, 1.165) is 51.1 Å². The Balaban J connectivity index is 1.67. The molecule has 11 nitrogen and oxygen atoms in total. The molecule has 1 fully saturated rings. The van der Waals surface area contributed by atoms with Gasteiger partial charge in [0.15, 0.2) is 11.2 Å². The van der Waals surface area contributed by atoms with Gasteiger partial charge in [-0.2, -0.15) is 5.10 Å². The predicted octanol–water partition coefficient (Wildman–Crippen LogP) is 1.68. The largest absolute Gasteiger partial charge is 0.361 e. The van der Waals surface area contributed by atoms with Gasteiger partial charge in [-0.15, -0.1) is 0 Å². The summed E-state index contributed by atoms with van der Waals surface area (Å²) >= 11 is 0. The fraction of sp³-hybridized carbons (Fsp3) is 0.630. The van der Waals surface area contributed by atoms with Gasteiger partial charge in [-0.3, -0.25) is 28.1 Å². The van der Waals surface area contributed by atoms with Crippen molar-refractivity contribution in [2.75, 3.05) is 46.4 Å². The van der Waals surface area contributed by atoms with Crippen molar-refractivity contribution < 1.29 is 4.74 Å². The first-order chi connectivity index (χ1) is 18.5. The summed E-state index contributed by atoms with van der Waals surface area (Å²) in [6.45, 7) is 13.0.